The second-order valence-corrected chi connectivity index (χ2v) is 5.81. The van der Waals surface area contributed by atoms with Gasteiger partial charge in [0.25, 0.3) is 5.91 Å². The Labute approximate surface area is 121 Å². The summed E-state index contributed by atoms with van der Waals surface area (Å²) in [5, 5.41) is 0. The minimum Gasteiger partial charge on any atom is -0.460 e. The van der Waals surface area contributed by atoms with Crippen LogP contribution in [-0.2, 0) is 0 Å². The summed E-state index contributed by atoms with van der Waals surface area (Å²) in [5.41, 5.74) is 7.52. The molecule has 5 heteroatoms. The number of rotatable bonds is 4. The number of hydrogen-bond donors (Lipinski definition) is 1. The Balaban J connectivity index is 2.58. The second kappa shape index (κ2) is 5.46. The fourth-order valence-electron chi connectivity index (χ4n) is 1.84. The fourth-order valence-corrected chi connectivity index (χ4v) is 2.71. The number of aliphatic imine (C=N–C) groups is 1. The monoisotopic (exact) mass is 288 g/mol. The third-order valence-electron chi connectivity index (χ3n) is 2.69. The van der Waals surface area contributed by atoms with Gasteiger partial charge in [0, 0.05) is 16.1 Å². The molecule has 2 heterocycles. The predicted octanol–water partition coefficient (Wildman–Crippen LogP) is 3.43. The van der Waals surface area contributed by atoms with Crippen LogP contribution in [0.15, 0.2) is 39.9 Å². The lowest BCUT2D eigenvalue weighted by Crippen LogP contribution is -2.09. The minimum absolute atomic E-state index is 0.436. The quantitative estimate of drug-likeness (QED) is 0.876. The molecule has 2 aromatic heterocycles. The minimum atomic E-state index is -0.436. The number of nitrogens with zero attached hydrogens (tertiary/aromatic N) is 1. The number of hydrogen-bond acceptors (Lipinski definition) is 4. The highest BCUT2D eigenvalue weighted by molar-refractivity contribution is 7.14. The first-order valence-corrected chi connectivity index (χ1v) is 6.91. The average Bonchev–Trinajstić information content (AvgIpc) is 2.92. The van der Waals surface area contributed by atoms with E-state index in [2.05, 4.69) is 11.6 Å². The van der Waals surface area contributed by atoms with Gasteiger partial charge in [0.2, 0.25) is 0 Å². The van der Waals surface area contributed by atoms with E-state index < -0.39 is 5.91 Å². The van der Waals surface area contributed by atoms with Crippen molar-refractivity contribution in [2.24, 2.45) is 10.7 Å². The number of allylic oxidation sites excluding steroid dienone is 1. The normalized spacial score (nSPS) is 11.7. The van der Waals surface area contributed by atoms with Crippen molar-refractivity contribution in [2.45, 2.75) is 20.8 Å². The summed E-state index contributed by atoms with van der Waals surface area (Å²) in [7, 11) is 0. The summed E-state index contributed by atoms with van der Waals surface area (Å²) in [4.78, 5) is 17.2. The number of nitrogens with two attached hydrogens (primary N) is 1. The molecule has 104 valence electrons. The zero-order valence-corrected chi connectivity index (χ0v) is 12.5. The number of thiophene rings is 1. The van der Waals surface area contributed by atoms with Crippen LogP contribution in [0.25, 0.3) is 0 Å². The topological polar surface area (TPSA) is 68.6 Å². The van der Waals surface area contributed by atoms with Crippen LogP contribution in [-0.4, -0.2) is 11.6 Å². The number of primary amides is 1. The lowest BCUT2D eigenvalue weighted by atomic mass is 10.1. The number of carbonyl (C=O) groups excluding carboxylic acids is 1. The maximum Gasteiger partial charge on any atom is 0.258 e. The standard InChI is InChI=1S/C15H16N2O2S/c1-8(2)17-14(12-6-5-9(3)19-12)11-7-13(15(16)18)20-10(11)4/h5-7H,1H2,2-4H3,(H2,16,18). The zero-order valence-electron chi connectivity index (χ0n) is 11.7. The fraction of sp³-hybridized carbons (Fsp3) is 0.200. The summed E-state index contributed by atoms with van der Waals surface area (Å²) < 4.78 is 5.64. The molecule has 0 saturated carbocycles. The van der Waals surface area contributed by atoms with Crippen molar-refractivity contribution in [2.75, 3.05) is 0 Å². The number of furan rings is 1. The van der Waals surface area contributed by atoms with Gasteiger partial charge in [-0.05, 0) is 39.0 Å². The molecule has 0 aliphatic heterocycles. The van der Waals surface area contributed by atoms with Gasteiger partial charge >= 0.3 is 0 Å². The molecular weight excluding hydrogens is 272 g/mol. The first kappa shape index (κ1) is 14.3. The molecule has 1 amide bonds. The van der Waals surface area contributed by atoms with Crippen LogP contribution in [0.1, 0.15) is 38.6 Å². The third-order valence-corrected chi connectivity index (χ3v) is 3.76. The maximum atomic E-state index is 11.3. The molecule has 0 aliphatic rings. The highest BCUT2D eigenvalue weighted by Gasteiger charge is 2.18. The number of aryl methyl sites for hydroxylation is 2. The van der Waals surface area contributed by atoms with Gasteiger partial charge < -0.3 is 10.2 Å². The Morgan fingerprint density at radius 3 is 2.55 bits per heavy atom. The first-order valence-electron chi connectivity index (χ1n) is 6.10. The highest BCUT2D eigenvalue weighted by Crippen LogP contribution is 2.25. The van der Waals surface area contributed by atoms with E-state index in [-0.39, 0.29) is 0 Å². The molecule has 0 fully saturated rings. The van der Waals surface area contributed by atoms with Crippen molar-refractivity contribution >= 4 is 23.0 Å². The van der Waals surface area contributed by atoms with Gasteiger partial charge in [-0.1, -0.05) is 6.58 Å². The Kier molecular flexibility index (Phi) is 3.90. The summed E-state index contributed by atoms with van der Waals surface area (Å²) in [6.45, 7) is 9.42. The summed E-state index contributed by atoms with van der Waals surface area (Å²) in [6.07, 6.45) is 0. The van der Waals surface area contributed by atoms with Crippen LogP contribution < -0.4 is 5.73 Å². The SMILES string of the molecule is C=C(C)N=C(c1ccc(C)o1)c1cc(C(N)=O)sc1C. The van der Waals surface area contributed by atoms with E-state index in [1.165, 1.54) is 11.3 Å². The molecule has 0 radical (unpaired) electrons. The van der Waals surface area contributed by atoms with E-state index >= 15 is 0 Å². The van der Waals surface area contributed by atoms with Gasteiger partial charge in [0.15, 0.2) is 5.76 Å². The highest BCUT2D eigenvalue weighted by atomic mass is 32.1. The van der Waals surface area contributed by atoms with Crippen molar-refractivity contribution in [3.63, 3.8) is 0 Å². The Morgan fingerprint density at radius 2 is 2.10 bits per heavy atom. The van der Waals surface area contributed by atoms with Crippen molar-refractivity contribution < 1.29 is 9.21 Å². The van der Waals surface area contributed by atoms with E-state index in [0.29, 0.717) is 22.0 Å². The Morgan fingerprint density at radius 1 is 1.40 bits per heavy atom. The molecule has 20 heavy (non-hydrogen) atoms. The van der Waals surface area contributed by atoms with Crippen LogP contribution in [0.3, 0.4) is 0 Å². The lowest BCUT2D eigenvalue weighted by molar-refractivity contribution is 0.100. The van der Waals surface area contributed by atoms with Crippen molar-refractivity contribution in [3.8, 4) is 0 Å². The zero-order chi connectivity index (χ0) is 14.9. The van der Waals surface area contributed by atoms with Crippen molar-refractivity contribution in [3.05, 3.63) is 57.3 Å². The summed E-state index contributed by atoms with van der Waals surface area (Å²) in [5.74, 6) is 1.02. The smallest absolute Gasteiger partial charge is 0.258 e. The Hall–Kier alpha value is -2.14. The van der Waals surface area contributed by atoms with Gasteiger partial charge in [-0.25, -0.2) is 4.99 Å². The summed E-state index contributed by atoms with van der Waals surface area (Å²) in [6, 6.07) is 5.49. The van der Waals surface area contributed by atoms with E-state index in [9.17, 15) is 4.79 Å². The molecule has 0 saturated heterocycles. The van der Waals surface area contributed by atoms with E-state index in [4.69, 9.17) is 10.2 Å². The largest absolute Gasteiger partial charge is 0.460 e. The molecule has 0 aliphatic carbocycles. The van der Waals surface area contributed by atoms with E-state index in [0.717, 1.165) is 16.2 Å². The van der Waals surface area contributed by atoms with Gasteiger partial charge in [-0.3, -0.25) is 4.79 Å². The Bertz CT molecular complexity index is 707. The molecule has 2 N–H and O–H groups in total. The van der Waals surface area contributed by atoms with Crippen LogP contribution >= 0.6 is 11.3 Å². The van der Waals surface area contributed by atoms with Crippen molar-refractivity contribution in [1.29, 1.82) is 0 Å². The van der Waals surface area contributed by atoms with Crippen LogP contribution in [0.5, 0.6) is 0 Å². The van der Waals surface area contributed by atoms with Gasteiger partial charge in [-0.2, -0.15) is 0 Å². The van der Waals surface area contributed by atoms with Gasteiger partial charge in [0.1, 0.15) is 11.5 Å². The maximum absolute atomic E-state index is 11.3. The molecule has 0 spiro atoms. The predicted molar refractivity (Wildman–Crippen MR) is 81.5 cm³/mol. The molecule has 0 aromatic carbocycles. The van der Waals surface area contributed by atoms with E-state index in [1.54, 1.807) is 6.07 Å². The molecule has 0 unspecified atom stereocenters. The first-order chi connectivity index (χ1) is 9.38. The van der Waals surface area contributed by atoms with E-state index in [1.807, 2.05) is 32.9 Å². The molecule has 2 rings (SSSR count). The number of carbonyl (C=O) groups is 1. The molecule has 0 atom stereocenters. The molecule has 0 bridgehead atoms. The van der Waals surface area contributed by atoms with Crippen LogP contribution in [0.4, 0.5) is 0 Å². The lowest BCUT2D eigenvalue weighted by Gasteiger charge is -2.03. The van der Waals surface area contributed by atoms with Gasteiger partial charge in [-0.15, -0.1) is 11.3 Å². The van der Waals surface area contributed by atoms with Crippen molar-refractivity contribution in [1.82, 2.24) is 0 Å². The van der Waals surface area contributed by atoms with Gasteiger partial charge in [0.05, 0.1) is 4.88 Å². The third kappa shape index (κ3) is 2.88. The molecule has 4 nitrogen and oxygen atoms in total. The molecule has 2 aromatic rings. The second-order valence-electron chi connectivity index (χ2n) is 4.55. The van der Waals surface area contributed by atoms with Crippen LogP contribution in [0, 0.1) is 13.8 Å². The van der Waals surface area contributed by atoms with Crippen LogP contribution in [0.2, 0.25) is 0 Å². The number of amides is 1. The summed E-state index contributed by atoms with van der Waals surface area (Å²) >= 11 is 1.35. The molecular formula is C15H16N2O2S. The average molecular weight is 288 g/mol.